The van der Waals surface area contributed by atoms with Crippen molar-refractivity contribution >= 4 is 34.9 Å². The minimum absolute atomic E-state index is 0.00486. The van der Waals surface area contributed by atoms with Gasteiger partial charge in [0.2, 0.25) is 0 Å². The number of benzene rings is 2. The van der Waals surface area contributed by atoms with E-state index in [0.717, 1.165) is 6.07 Å². The lowest BCUT2D eigenvalue weighted by molar-refractivity contribution is -0.384. The smallest absolute Gasteiger partial charge is 0.338 e. The zero-order valence-electron chi connectivity index (χ0n) is 11.7. The number of nitro groups is 1. The van der Waals surface area contributed by atoms with Gasteiger partial charge in [0.05, 0.1) is 10.5 Å². The molecule has 0 heterocycles. The number of amides is 1. The van der Waals surface area contributed by atoms with E-state index >= 15 is 0 Å². The molecule has 0 aromatic heterocycles. The molecule has 118 valence electrons. The molecule has 0 aliphatic heterocycles. The topological polar surface area (TPSA) is 98.5 Å². The van der Waals surface area contributed by atoms with E-state index in [1.54, 1.807) is 24.3 Å². The van der Waals surface area contributed by atoms with Crippen molar-refractivity contribution in [3.63, 3.8) is 0 Å². The van der Waals surface area contributed by atoms with Crippen LogP contribution < -0.4 is 5.32 Å². The number of nitrogens with zero attached hydrogens (tertiary/aromatic N) is 1. The van der Waals surface area contributed by atoms with Gasteiger partial charge in [0.1, 0.15) is 0 Å². The normalized spacial score (nSPS) is 9.96. The highest BCUT2D eigenvalue weighted by molar-refractivity contribution is 6.30. The third-order valence-electron chi connectivity index (χ3n) is 2.74. The first-order chi connectivity index (χ1) is 11.0. The Bertz CT molecular complexity index is 763. The number of anilines is 1. The van der Waals surface area contributed by atoms with Gasteiger partial charge in [-0.2, -0.15) is 0 Å². The van der Waals surface area contributed by atoms with Gasteiger partial charge >= 0.3 is 5.97 Å². The molecule has 0 aliphatic rings. The van der Waals surface area contributed by atoms with Gasteiger partial charge in [0, 0.05) is 22.8 Å². The molecule has 2 aromatic rings. The number of nitrogens with one attached hydrogen (secondary N) is 1. The van der Waals surface area contributed by atoms with E-state index in [2.05, 4.69) is 5.32 Å². The molecule has 1 N–H and O–H groups in total. The summed E-state index contributed by atoms with van der Waals surface area (Å²) in [6.45, 7) is -0.520. The third-order valence-corrected chi connectivity index (χ3v) is 2.97. The molecule has 8 heteroatoms. The monoisotopic (exact) mass is 334 g/mol. The highest BCUT2D eigenvalue weighted by Gasteiger charge is 2.14. The number of ether oxygens (including phenoxy) is 1. The maximum absolute atomic E-state index is 11.8. The Morgan fingerprint density at radius 2 is 1.91 bits per heavy atom. The molecular weight excluding hydrogens is 324 g/mol. The van der Waals surface area contributed by atoms with Gasteiger partial charge in [-0.1, -0.05) is 23.7 Å². The molecule has 23 heavy (non-hydrogen) atoms. The Morgan fingerprint density at radius 1 is 1.17 bits per heavy atom. The van der Waals surface area contributed by atoms with Crippen LogP contribution in [0.25, 0.3) is 0 Å². The molecule has 0 saturated carbocycles. The van der Waals surface area contributed by atoms with Crippen molar-refractivity contribution in [2.75, 3.05) is 11.9 Å². The fourth-order valence-electron chi connectivity index (χ4n) is 1.72. The van der Waals surface area contributed by atoms with Crippen molar-refractivity contribution in [1.82, 2.24) is 0 Å². The molecular formula is C15H11ClN2O5. The SMILES string of the molecule is O=C(COC(=O)c1cccc([N+](=O)[O-])c1)Nc1cccc(Cl)c1. The fourth-order valence-corrected chi connectivity index (χ4v) is 1.91. The van der Waals surface area contributed by atoms with Gasteiger partial charge in [-0.3, -0.25) is 14.9 Å². The maximum atomic E-state index is 11.8. The highest BCUT2D eigenvalue weighted by atomic mass is 35.5. The van der Waals surface area contributed by atoms with Crippen molar-refractivity contribution in [1.29, 1.82) is 0 Å². The first kappa shape index (κ1) is 16.4. The molecule has 0 aliphatic carbocycles. The van der Waals surface area contributed by atoms with Gasteiger partial charge in [0.15, 0.2) is 6.61 Å². The number of esters is 1. The predicted octanol–water partition coefficient (Wildman–Crippen LogP) is 3.04. The number of non-ortho nitro benzene ring substituents is 1. The number of rotatable bonds is 5. The lowest BCUT2D eigenvalue weighted by atomic mass is 10.2. The summed E-state index contributed by atoms with van der Waals surface area (Å²) in [6.07, 6.45) is 0. The molecule has 0 unspecified atom stereocenters. The highest BCUT2D eigenvalue weighted by Crippen LogP contribution is 2.15. The summed E-state index contributed by atoms with van der Waals surface area (Å²) in [5.41, 5.74) is 0.228. The summed E-state index contributed by atoms with van der Waals surface area (Å²) in [5, 5.41) is 13.6. The quantitative estimate of drug-likeness (QED) is 0.514. The van der Waals surface area contributed by atoms with E-state index in [0.29, 0.717) is 10.7 Å². The molecule has 7 nitrogen and oxygen atoms in total. The molecule has 0 bridgehead atoms. The van der Waals surface area contributed by atoms with E-state index in [9.17, 15) is 19.7 Å². The summed E-state index contributed by atoms with van der Waals surface area (Å²) >= 11 is 5.78. The van der Waals surface area contributed by atoms with Gasteiger partial charge < -0.3 is 10.1 Å². The van der Waals surface area contributed by atoms with Crippen LogP contribution in [0.1, 0.15) is 10.4 Å². The van der Waals surface area contributed by atoms with E-state index in [1.807, 2.05) is 0 Å². The standard InChI is InChI=1S/C15H11ClN2O5/c16-11-4-2-5-12(8-11)17-14(19)9-23-15(20)10-3-1-6-13(7-10)18(21)22/h1-8H,9H2,(H,17,19). The minimum Gasteiger partial charge on any atom is -0.452 e. The maximum Gasteiger partial charge on any atom is 0.338 e. The molecule has 0 fully saturated rings. The summed E-state index contributed by atoms with van der Waals surface area (Å²) < 4.78 is 4.82. The molecule has 0 spiro atoms. The largest absolute Gasteiger partial charge is 0.452 e. The van der Waals surface area contributed by atoms with Crippen LogP contribution in [0, 0.1) is 10.1 Å². The number of carbonyl (C=O) groups excluding carboxylic acids is 2. The van der Waals surface area contributed by atoms with E-state index in [4.69, 9.17) is 16.3 Å². The third kappa shape index (κ3) is 4.79. The Hall–Kier alpha value is -2.93. The van der Waals surface area contributed by atoms with Gasteiger partial charge in [-0.05, 0) is 24.3 Å². The second kappa shape index (κ2) is 7.37. The van der Waals surface area contributed by atoms with Crippen molar-refractivity contribution < 1.29 is 19.2 Å². The Morgan fingerprint density at radius 3 is 2.61 bits per heavy atom. The Kier molecular flexibility index (Phi) is 5.27. The lowest BCUT2D eigenvalue weighted by Crippen LogP contribution is -2.20. The number of halogens is 1. The second-order valence-corrected chi connectivity index (χ2v) is 4.88. The van der Waals surface area contributed by atoms with Crippen LogP contribution in [0.2, 0.25) is 5.02 Å². The summed E-state index contributed by atoms with van der Waals surface area (Å²) in [6, 6.07) is 11.5. The molecule has 0 atom stereocenters. The zero-order chi connectivity index (χ0) is 16.8. The van der Waals surface area contributed by atoms with Crippen LogP contribution in [-0.2, 0) is 9.53 Å². The Labute approximate surface area is 136 Å². The minimum atomic E-state index is -0.824. The van der Waals surface area contributed by atoms with Crippen molar-refractivity contribution in [2.45, 2.75) is 0 Å². The van der Waals surface area contributed by atoms with Gasteiger partial charge in [0.25, 0.3) is 11.6 Å². The summed E-state index contributed by atoms with van der Waals surface area (Å²) in [7, 11) is 0. The van der Waals surface area contributed by atoms with E-state index < -0.39 is 23.4 Å². The number of nitro benzene ring substituents is 1. The average Bonchev–Trinajstić information content (AvgIpc) is 2.52. The Balaban J connectivity index is 1.92. The number of hydrogen-bond donors (Lipinski definition) is 1. The number of hydrogen-bond acceptors (Lipinski definition) is 5. The average molecular weight is 335 g/mol. The second-order valence-electron chi connectivity index (χ2n) is 4.44. The van der Waals surface area contributed by atoms with Crippen LogP contribution >= 0.6 is 11.6 Å². The fraction of sp³-hybridized carbons (Fsp3) is 0.0667. The van der Waals surface area contributed by atoms with Crippen LogP contribution in [0.5, 0.6) is 0 Å². The predicted molar refractivity (Wildman–Crippen MR) is 83.5 cm³/mol. The van der Waals surface area contributed by atoms with Crippen LogP contribution in [0.3, 0.4) is 0 Å². The van der Waals surface area contributed by atoms with Gasteiger partial charge in [-0.15, -0.1) is 0 Å². The summed E-state index contributed by atoms with van der Waals surface area (Å²) in [5.74, 6) is -1.37. The van der Waals surface area contributed by atoms with Crippen molar-refractivity contribution in [3.05, 3.63) is 69.2 Å². The van der Waals surface area contributed by atoms with Gasteiger partial charge in [-0.25, -0.2) is 4.79 Å². The molecule has 0 radical (unpaired) electrons. The van der Waals surface area contributed by atoms with Crippen LogP contribution in [0.15, 0.2) is 48.5 Å². The first-order valence-corrected chi connectivity index (χ1v) is 6.80. The van der Waals surface area contributed by atoms with E-state index in [1.165, 1.54) is 18.2 Å². The zero-order valence-corrected chi connectivity index (χ0v) is 12.4. The molecule has 2 aromatic carbocycles. The molecule has 2 rings (SSSR count). The molecule has 1 amide bonds. The first-order valence-electron chi connectivity index (χ1n) is 6.43. The number of carbonyl (C=O) groups is 2. The summed E-state index contributed by atoms with van der Waals surface area (Å²) in [4.78, 5) is 33.5. The van der Waals surface area contributed by atoms with Crippen molar-refractivity contribution in [3.8, 4) is 0 Å². The van der Waals surface area contributed by atoms with Crippen LogP contribution in [0.4, 0.5) is 11.4 Å². The van der Waals surface area contributed by atoms with E-state index in [-0.39, 0.29) is 11.3 Å². The van der Waals surface area contributed by atoms with Crippen LogP contribution in [-0.4, -0.2) is 23.4 Å². The molecule has 0 saturated heterocycles. The van der Waals surface area contributed by atoms with Crippen molar-refractivity contribution in [2.24, 2.45) is 0 Å². The lowest BCUT2D eigenvalue weighted by Gasteiger charge is -2.07.